The first-order valence-corrected chi connectivity index (χ1v) is 6.85. The van der Waals surface area contributed by atoms with Crippen LogP contribution in [0.2, 0.25) is 0 Å². The third kappa shape index (κ3) is 6.22. The number of hydrogen-bond donors (Lipinski definition) is 0. The molecular formula is C10H6F5NaO6S. The Balaban J connectivity index is 0.00000484. The maximum absolute atomic E-state index is 13.1. The van der Waals surface area contributed by atoms with Crippen LogP contribution in [0.1, 0.15) is 0 Å². The fraction of sp³-hybridized carbons (Fsp3) is 0.300. The van der Waals surface area contributed by atoms with Crippen molar-refractivity contribution in [2.45, 2.75) is 0 Å². The Morgan fingerprint density at radius 3 is 1.78 bits per heavy atom. The zero-order valence-electron chi connectivity index (χ0n) is 11.4. The Kier molecular flexibility index (Phi) is 8.41. The van der Waals surface area contributed by atoms with Crippen LogP contribution >= 0.6 is 0 Å². The Morgan fingerprint density at radius 1 is 0.913 bits per heavy atom. The number of carbonyl (C=O) groups excluding carboxylic acids is 1. The van der Waals surface area contributed by atoms with Gasteiger partial charge in [0, 0.05) is 0 Å². The molecule has 1 aromatic rings. The number of ether oxygens (including phenoxy) is 2. The predicted molar refractivity (Wildman–Crippen MR) is 57.3 cm³/mol. The van der Waals surface area contributed by atoms with Gasteiger partial charge in [0.2, 0.25) is 29.1 Å². The molecule has 1 rings (SSSR count). The minimum atomic E-state index is -4.87. The SMILES string of the molecule is O=C(CS(=O)(=O)[O-])OCCOc1c(F)c(F)c(F)c(F)c1F.[Na+]. The van der Waals surface area contributed by atoms with Gasteiger partial charge in [-0.2, -0.15) is 8.78 Å². The van der Waals surface area contributed by atoms with Crippen molar-refractivity contribution in [2.24, 2.45) is 0 Å². The van der Waals surface area contributed by atoms with Crippen LogP contribution in [0.4, 0.5) is 22.0 Å². The molecule has 0 amide bonds. The fourth-order valence-electron chi connectivity index (χ4n) is 1.20. The van der Waals surface area contributed by atoms with E-state index in [4.69, 9.17) is 0 Å². The zero-order chi connectivity index (χ0) is 17.1. The third-order valence-corrected chi connectivity index (χ3v) is 2.65. The van der Waals surface area contributed by atoms with E-state index in [2.05, 4.69) is 9.47 Å². The van der Waals surface area contributed by atoms with Gasteiger partial charge in [-0.1, -0.05) is 0 Å². The molecule has 0 aromatic heterocycles. The van der Waals surface area contributed by atoms with Crippen LogP contribution in [-0.2, 0) is 19.6 Å². The van der Waals surface area contributed by atoms with Crippen LogP contribution in [-0.4, -0.2) is 37.9 Å². The van der Waals surface area contributed by atoms with Crippen molar-refractivity contribution in [3.8, 4) is 5.75 Å². The molecule has 0 aliphatic carbocycles. The first-order valence-electron chi connectivity index (χ1n) is 5.28. The van der Waals surface area contributed by atoms with Crippen LogP contribution in [0.15, 0.2) is 0 Å². The molecule has 0 N–H and O–H groups in total. The van der Waals surface area contributed by atoms with Crippen molar-refractivity contribution < 1.29 is 78.7 Å². The first-order chi connectivity index (χ1) is 10.0. The van der Waals surface area contributed by atoms with Gasteiger partial charge in [-0.15, -0.1) is 0 Å². The fourth-order valence-corrected chi connectivity index (χ4v) is 1.57. The molecule has 0 saturated heterocycles. The quantitative estimate of drug-likeness (QED) is 0.108. The molecule has 0 bridgehead atoms. The molecule has 124 valence electrons. The van der Waals surface area contributed by atoms with E-state index < -0.39 is 69.9 Å². The van der Waals surface area contributed by atoms with Gasteiger partial charge in [0.1, 0.15) is 29.1 Å². The zero-order valence-corrected chi connectivity index (χ0v) is 14.2. The van der Waals surface area contributed by atoms with Crippen molar-refractivity contribution in [3.63, 3.8) is 0 Å². The topological polar surface area (TPSA) is 92.7 Å². The standard InChI is InChI=1S/C10H7F5O6S.Na/c11-5-6(12)8(14)10(9(15)7(5)13)21-2-1-20-4(16)3-22(17,18)19;/h1-3H2,(H,17,18,19);/q;+1/p-1. The number of esters is 1. The second-order valence-electron chi connectivity index (χ2n) is 3.67. The number of hydrogen-bond acceptors (Lipinski definition) is 6. The summed E-state index contributed by atoms with van der Waals surface area (Å²) in [5.41, 5.74) is 0. The number of benzene rings is 1. The van der Waals surface area contributed by atoms with Gasteiger partial charge in [-0.05, 0) is 0 Å². The monoisotopic (exact) mass is 372 g/mol. The smallest absolute Gasteiger partial charge is 0.748 e. The van der Waals surface area contributed by atoms with Crippen LogP contribution in [0, 0.1) is 29.1 Å². The Hall–Kier alpha value is -0.950. The molecule has 0 atom stereocenters. The summed E-state index contributed by atoms with van der Waals surface area (Å²) in [4.78, 5) is 10.8. The summed E-state index contributed by atoms with van der Waals surface area (Å²) in [6, 6.07) is 0. The van der Waals surface area contributed by atoms with E-state index in [1.807, 2.05) is 0 Å². The van der Waals surface area contributed by atoms with E-state index in [-0.39, 0.29) is 29.6 Å². The molecule has 0 saturated carbocycles. The van der Waals surface area contributed by atoms with Gasteiger partial charge in [-0.3, -0.25) is 4.79 Å². The molecule has 0 unspecified atom stereocenters. The Labute approximate surface area is 148 Å². The van der Waals surface area contributed by atoms with Gasteiger partial charge in [0.25, 0.3) is 0 Å². The van der Waals surface area contributed by atoms with Crippen LogP contribution in [0.25, 0.3) is 0 Å². The second kappa shape index (κ2) is 8.78. The molecular weight excluding hydrogens is 366 g/mol. The maximum Gasteiger partial charge on any atom is 1.00 e. The molecule has 6 nitrogen and oxygen atoms in total. The predicted octanol–water partition coefficient (Wildman–Crippen LogP) is -2.15. The normalized spacial score (nSPS) is 10.9. The van der Waals surface area contributed by atoms with Gasteiger partial charge in [0.05, 0.1) is 0 Å². The van der Waals surface area contributed by atoms with E-state index >= 15 is 0 Å². The average Bonchev–Trinajstić information content (AvgIpc) is 2.40. The largest absolute Gasteiger partial charge is 1.00 e. The summed E-state index contributed by atoms with van der Waals surface area (Å²) in [7, 11) is -4.87. The van der Waals surface area contributed by atoms with E-state index in [0.29, 0.717) is 0 Å². The summed E-state index contributed by atoms with van der Waals surface area (Å²) in [5, 5.41) is 0. The summed E-state index contributed by atoms with van der Waals surface area (Å²) >= 11 is 0. The van der Waals surface area contributed by atoms with Crippen LogP contribution in [0.5, 0.6) is 5.75 Å². The van der Waals surface area contributed by atoms with Crippen LogP contribution in [0.3, 0.4) is 0 Å². The van der Waals surface area contributed by atoms with Crippen molar-refractivity contribution in [2.75, 3.05) is 19.0 Å². The van der Waals surface area contributed by atoms with Crippen molar-refractivity contribution in [3.05, 3.63) is 29.1 Å². The summed E-state index contributed by atoms with van der Waals surface area (Å²) in [5.74, 6) is -15.8. The van der Waals surface area contributed by atoms with E-state index in [9.17, 15) is 39.7 Å². The Morgan fingerprint density at radius 2 is 1.35 bits per heavy atom. The average molecular weight is 372 g/mol. The molecule has 0 aliphatic rings. The van der Waals surface area contributed by atoms with Crippen molar-refractivity contribution >= 4 is 16.1 Å². The Bertz CT molecular complexity index is 666. The first kappa shape index (κ1) is 22.1. The summed E-state index contributed by atoms with van der Waals surface area (Å²) in [6.45, 7) is -1.63. The molecule has 0 spiro atoms. The van der Waals surface area contributed by atoms with E-state index in [1.165, 1.54) is 0 Å². The minimum absolute atomic E-state index is 0. The molecule has 0 aliphatic heterocycles. The van der Waals surface area contributed by atoms with Gasteiger partial charge in [-0.25, -0.2) is 21.6 Å². The number of halogens is 5. The summed E-state index contributed by atoms with van der Waals surface area (Å²) in [6.07, 6.45) is 0. The third-order valence-electron chi connectivity index (χ3n) is 2.06. The maximum atomic E-state index is 13.1. The molecule has 23 heavy (non-hydrogen) atoms. The van der Waals surface area contributed by atoms with Gasteiger partial charge in [0.15, 0.2) is 5.75 Å². The number of carbonyl (C=O) groups is 1. The van der Waals surface area contributed by atoms with E-state index in [1.54, 1.807) is 0 Å². The minimum Gasteiger partial charge on any atom is -0.748 e. The van der Waals surface area contributed by atoms with Gasteiger partial charge >= 0.3 is 35.5 Å². The van der Waals surface area contributed by atoms with Crippen molar-refractivity contribution in [1.29, 1.82) is 0 Å². The molecule has 0 heterocycles. The summed E-state index contributed by atoms with van der Waals surface area (Å²) < 4.78 is 104. The molecule has 13 heteroatoms. The molecule has 0 fully saturated rings. The van der Waals surface area contributed by atoms with Crippen LogP contribution < -0.4 is 34.3 Å². The second-order valence-corrected chi connectivity index (χ2v) is 5.07. The van der Waals surface area contributed by atoms with Gasteiger partial charge < -0.3 is 14.0 Å². The van der Waals surface area contributed by atoms with Crippen molar-refractivity contribution in [1.82, 2.24) is 0 Å². The number of rotatable bonds is 6. The van der Waals surface area contributed by atoms with E-state index in [0.717, 1.165) is 0 Å². The molecule has 0 radical (unpaired) electrons. The molecule has 1 aromatic carbocycles.